The lowest BCUT2D eigenvalue weighted by atomic mass is 10.5. The van der Waals surface area contributed by atoms with Gasteiger partial charge >= 0.3 is 5.97 Å². The van der Waals surface area contributed by atoms with Gasteiger partial charge in [0.05, 0.1) is 20.8 Å². The Labute approximate surface area is 70.5 Å². The molecule has 0 aromatic rings. The van der Waals surface area contributed by atoms with Crippen molar-refractivity contribution in [3.05, 3.63) is 12.0 Å². The van der Waals surface area contributed by atoms with Crippen molar-refractivity contribution in [2.45, 2.75) is 0 Å². The Morgan fingerprint density at radius 3 is 2.50 bits per heavy atom. The van der Waals surface area contributed by atoms with E-state index in [0.717, 1.165) is 6.26 Å². The van der Waals surface area contributed by atoms with E-state index in [1.165, 1.54) is 14.2 Å². The minimum absolute atomic E-state index is 0.0362. The minimum Gasteiger partial charge on any atom is -0.495 e. The molecule has 5 nitrogen and oxygen atoms in total. The summed E-state index contributed by atoms with van der Waals surface area (Å²) in [5.41, 5.74) is 0. The van der Waals surface area contributed by atoms with Gasteiger partial charge in [-0.15, -0.1) is 0 Å². The zero-order valence-electron chi connectivity index (χ0n) is 7.07. The number of hydrogen-bond donors (Lipinski definition) is 1. The average molecular weight is 176 g/mol. The predicted octanol–water partition coefficient (Wildman–Crippen LogP) is -0.344. The van der Waals surface area contributed by atoms with Crippen molar-refractivity contribution in [3.63, 3.8) is 0 Å². The molecule has 0 heterocycles. The molecule has 0 rings (SSSR count). The molecular formula is C7H12O5. The lowest BCUT2D eigenvalue weighted by Crippen LogP contribution is -2.07. The van der Waals surface area contributed by atoms with Gasteiger partial charge in [-0.3, -0.25) is 0 Å². The molecule has 0 spiro atoms. The molecule has 0 atom stereocenters. The van der Waals surface area contributed by atoms with E-state index in [1.54, 1.807) is 0 Å². The fraction of sp³-hybridized carbons (Fsp3) is 0.571. The second kappa shape index (κ2) is 6.48. The number of esters is 1. The lowest BCUT2D eigenvalue weighted by Gasteiger charge is -2.03. The Hall–Kier alpha value is -1.23. The van der Waals surface area contributed by atoms with Gasteiger partial charge in [-0.1, -0.05) is 0 Å². The van der Waals surface area contributed by atoms with Crippen LogP contribution in [0.15, 0.2) is 12.0 Å². The predicted molar refractivity (Wildman–Crippen MR) is 40.1 cm³/mol. The van der Waals surface area contributed by atoms with Crippen LogP contribution in [-0.2, 0) is 19.0 Å². The van der Waals surface area contributed by atoms with Crippen LogP contribution in [0.1, 0.15) is 0 Å². The number of aliphatic hydroxyl groups excluding tert-OH is 1. The molecule has 0 saturated carbocycles. The van der Waals surface area contributed by atoms with Gasteiger partial charge in [0.25, 0.3) is 0 Å². The molecule has 0 aromatic carbocycles. The first-order valence-electron chi connectivity index (χ1n) is 3.31. The lowest BCUT2D eigenvalue weighted by molar-refractivity contribution is -0.139. The number of carbonyl (C=O) groups is 1. The van der Waals surface area contributed by atoms with Gasteiger partial charge < -0.3 is 19.3 Å². The van der Waals surface area contributed by atoms with Gasteiger partial charge in [0.2, 0.25) is 5.76 Å². The summed E-state index contributed by atoms with van der Waals surface area (Å²) < 4.78 is 13.7. The van der Waals surface area contributed by atoms with E-state index in [0.29, 0.717) is 0 Å². The number of ether oxygens (including phenoxy) is 3. The smallest absolute Gasteiger partial charge is 0.376 e. The zero-order chi connectivity index (χ0) is 9.40. The van der Waals surface area contributed by atoms with E-state index in [4.69, 9.17) is 9.84 Å². The average Bonchev–Trinajstić information content (AvgIpc) is 2.11. The molecule has 0 unspecified atom stereocenters. The van der Waals surface area contributed by atoms with Crippen LogP contribution >= 0.6 is 0 Å². The van der Waals surface area contributed by atoms with Crippen LogP contribution < -0.4 is 0 Å². The summed E-state index contributed by atoms with van der Waals surface area (Å²) in [4.78, 5) is 10.8. The standard InChI is InChI=1S/C7H12O5/c1-10-6(7(9)11-2)5-12-4-3-8/h5,8H,3-4H2,1-2H3. The summed E-state index contributed by atoms with van der Waals surface area (Å²) in [6.07, 6.45) is 1.10. The Bertz CT molecular complexity index is 163. The van der Waals surface area contributed by atoms with Crippen LogP contribution in [0.2, 0.25) is 0 Å². The molecule has 0 radical (unpaired) electrons. The SMILES string of the molecule is COC(=O)C(=COCCO)OC. The van der Waals surface area contributed by atoms with Crippen molar-refractivity contribution < 1.29 is 24.1 Å². The molecule has 1 N–H and O–H groups in total. The largest absolute Gasteiger partial charge is 0.495 e. The molecule has 70 valence electrons. The minimum atomic E-state index is -0.615. The topological polar surface area (TPSA) is 65.0 Å². The number of carbonyl (C=O) groups excluding carboxylic acids is 1. The van der Waals surface area contributed by atoms with Crippen LogP contribution in [0.25, 0.3) is 0 Å². The maximum absolute atomic E-state index is 10.8. The van der Waals surface area contributed by atoms with Crippen LogP contribution in [0, 0.1) is 0 Å². The fourth-order valence-electron chi connectivity index (χ4n) is 0.467. The maximum atomic E-state index is 10.8. The molecule has 0 aromatic heterocycles. The van der Waals surface area contributed by atoms with E-state index >= 15 is 0 Å². The van der Waals surface area contributed by atoms with Crippen molar-refractivity contribution in [1.29, 1.82) is 0 Å². The second-order valence-corrected chi connectivity index (χ2v) is 1.77. The first-order valence-corrected chi connectivity index (χ1v) is 3.31. The summed E-state index contributed by atoms with van der Waals surface area (Å²) in [5.74, 6) is -0.651. The Morgan fingerprint density at radius 1 is 1.42 bits per heavy atom. The summed E-state index contributed by atoms with van der Waals surface area (Å²) in [6.45, 7) is -0.00147. The van der Waals surface area contributed by atoms with Crippen LogP contribution in [0.5, 0.6) is 0 Å². The molecule has 0 aliphatic rings. The molecule has 0 aliphatic heterocycles. The van der Waals surface area contributed by atoms with Crippen LogP contribution in [0.3, 0.4) is 0 Å². The molecule has 12 heavy (non-hydrogen) atoms. The van der Waals surface area contributed by atoms with Gasteiger partial charge in [-0.25, -0.2) is 4.79 Å². The first kappa shape index (κ1) is 10.8. The monoisotopic (exact) mass is 176 g/mol. The van der Waals surface area contributed by atoms with Gasteiger partial charge in [0, 0.05) is 0 Å². The van der Waals surface area contributed by atoms with Crippen molar-refractivity contribution in [1.82, 2.24) is 0 Å². The number of methoxy groups -OCH3 is 2. The first-order chi connectivity index (χ1) is 5.76. The zero-order valence-corrected chi connectivity index (χ0v) is 7.07. The van der Waals surface area contributed by atoms with E-state index < -0.39 is 5.97 Å². The molecule has 0 saturated heterocycles. The summed E-state index contributed by atoms with van der Waals surface area (Å²) in [5, 5.41) is 8.34. The van der Waals surface area contributed by atoms with Crippen molar-refractivity contribution in [2.75, 3.05) is 27.4 Å². The van der Waals surface area contributed by atoms with Crippen LogP contribution in [0.4, 0.5) is 0 Å². The third kappa shape index (κ3) is 3.82. The molecular weight excluding hydrogens is 164 g/mol. The molecule has 0 fully saturated rings. The normalized spacial score (nSPS) is 10.8. The maximum Gasteiger partial charge on any atom is 0.376 e. The van der Waals surface area contributed by atoms with Crippen molar-refractivity contribution in [2.24, 2.45) is 0 Å². The molecule has 0 amide bonds. The van der Waals surface area contributed by atoms with E-state index in [2.05, 4.69) is 9.47 Å². The van der Waals surface area contributed by atoms with E-state index in [-0.39, 0.29) is 19.0 Å². The molecule has 0 bridgehead atoms. The van der Waals surface area contributed by atoms with Crippen molar-refractivity contribution >= 4 is 5.97 Å². The second-order valence-electron chi connectivity index (χ2n) is 1.77. The third-order valence-corrected chi connectivity index (χ3v) is 1.01. The number of aliphatic hydroxyl groups is 1. The van der Waals surface area contributed by atoms with E-state index in [1.807, 2.05) is 0 Å². The van der Waals surface area contributed by atoms with Gasteiger partial charge in [0.15, 0.2) is 0 Å². The molecule has 5 heteroatoms. The van der Waals surface area contributed by atoms with Crippen molar-refractivity contribution in [3.8, 4) is 0 Å². The highest BCUT2D eigenvalue weighted by atomic mass is 16.6. The quantitative estimate of drug-likeness (QED) is 0.268. The highest BCUT2D eigenvalue weighted by Crippen LogP contribution is 1.97. The highest BCUT2D eigenvalue weighted by Gasteiger charge is 2.08. The van der Waals surface area contributed by atoms with Gasteiger partial charge in [-0.05, 0) is 0 Å². The van der Waals surface area contributed by atoms with Gasteiger partial charge in [0.1, 0.15) is 12.9 Å². The number of hydrogen-bond acceptors (Lipinski definition) is 5. The summed E-state index contributed by atoms with van der Waals surface area (Å²) >= 11 is 0. The summed E-state index contributed by atoms with van der Waals surface area (Å²) in [7, 11) is 2.56. The number of rotatable bonds is 5. The third-order valence-electron chi connectivity index (χ3n) is 1.01. The molecule has 0 aliphatic carbocycles. The summed E-state index contributed by atoms with van der Waals surface area (Å²) in [6, 6.07) is 0. The van der Waals surface area contributed by atoms with Gasteiger partial charge in [-0.2, -0.15) is 0 Å². The highest BCUT2D eigenvalue weighted by molar-refractivity contribution is 5.85. The Morgan fingerprint density at radius 2 is 2.08 bits per heavy atom. The fourth-order valence-corrected chi connectivity index (χ4v) is 0.467. The van der Waals surface area contributed by atoms with E-state index in [9.17, 15) is 4.79 Å². The Balaban J connectivity index is 3.95. The van der Waals surface area contributed by atoms with Crippen LogP contribution in [-0.4, -0.2) is 38.5 Å². The Kier molecular flexibility index (Phi) is 5.81.